The fraction of sp³-hybridized carbons (Fsp3) is 0.300. The van der Waals surface area contributed by atoms with Crippen LogP contribution < -0.4 is 10.1 Å². The number of benzene rings is 2. The SMILES string of the molecule is Cc1ccccc1C(=O)NCCC(=O)Oc1ccc(C(C)C)cc1. The zero-order chi connectivity index (χ0) is 17.5. The summed E-state index contributed by atoms with van der Waals surface area (Å²) in [5, 5.41) is 2.74. The molecule has 0 saturated heterocycles. The Hall–Kier alpha value is -2.62. The molecule has 126 valence electrons. The van der Waals surface area contributed by atoms with Crippen molar-refractivity contribution in [3.05, 3.63) is 65.2 Å². The van der Waals surface area contributed by atoms with Gasteiger partial charge in [0.1, 0.15) is 5.75 Å². The smallest absolute Gasteiger partial charge is 0.312 e. The Bertz CT molecular complexity index is 705. The van der Waals surface area contributed by atoms with Gasteiger partial charge in [-0.1, -0.05) is 44.2 Å². The number of aryl methyl sites for hydroxylation is 1. The maximum absolute atomic E-state index is 12.0. The molecule has 1 N–H and O–H groups in total. The van der Waals surface area contributed by atoms with Crippen molar-refractivity contribution in [1.82, 2.24) is 5.32 Å². The van der Waals surface area contributed by atoms with E-state index in [4.69, 9.17) is 4.74 Å². The second-order valence-corrected chi connectivity index (χ2v) is 6.02. The van der Waals surface area contributed by atoms with E-state index in [1.54, 1.807) is 18.2 Å². The highest BCUT2D eigenvalue weighted by atomic mass is 16.5. The van der Waals surface area contributed by atoms with E-state index in [0.29, 0.717) is 17.2 Å². The summed E-state index contributed by atoms with van der Waals surface area (Å²) in [4.78, 5) is 23.9. The number of hydrogen-bond donors (Lipinski definition) is 1. The molecule has 0 aliphatic carbocycles. The van der Waals surface area contributed by atoms with Gasteiger partial charge in [0.05, 0.1) is 6.42 Å². The molecule has 2 aromatic carbocycles. The fourth-order valence-electron chi connectivity index (χ4n) is 2.30. The molecular formula is C20H23NO3. The molecule has 0 aliphatic rings. The molecule has 24 heavy (non-hydrogen) atoms. The van der Waals surface area contributed by atoms with Gasteiger partial charge in [-0.05, 0) is 42.2 Å². The average Bonchev–Trinajstić information content (AvgIpc) is 2.55. The standard InChI is InChI=1S/C20H23NO3/c1-14(2)16-8-10-17(11-9-16)24-19(22)12-13-21-20(23)18-7-5-4-6-15(18)3/h4-11,14H,12-13H2,1-3H3,(H,21,23). The van der Waals surface area contributed by atoms with Gasteiger partial charge in [-0.2, -0.15) is 0 Å². The second-order valence-electron chi connectivity index (χ2n) is 6.02. The number of ether oxygens (including phenoxy) is 1. The van der Waals surface area contributed by atoms with Crippen LogP contribution in [0.1, 0.15) is 47.7 Å². The Kier molecular flexibility index (Phi) is 6.13. The minimum Gasteiger partial charge on any atom is -0.426 e. The van der Waals surface area contributed by atoms with Gasteiger partial charge in [0.25, 0.3) is 5.91 Å². The molecule has 0 heterocycles. The molecular weight excluding hydrogens is 302 g/mol. The largest absolute Gasteiger partial charge is 0.426 e. The first-order chi connectivity index (χ1) is 11.5. The third-order valence-corrected chi connectivity index (χ3v) is 3.78. The van der Waals surface area contributed by atoms with Crippen LogP contribution in [0.15, 0.2) is 48.5 Å². The van der Waals surface area contributed by atoms with Crippen molar-refractivity contribution in [2.45, 2.75) is 33.1 Å². The van der Waals surface area contributed by atoms with E-state index >= 15 is 0 Å². The van der Waals surface area contributed by atoms with Crippen LogP contribution in [0.4, 0.5) is 0 Å². The van der Waals surface area contributed by atoms with Crippen molar-refractivity contribution in [1.29, 1.82) is 0 Å². The van der Waals surface area contributed by atoms with Gasteiger partial charge >= 0.3 is 5.97 Å². The van der Waals surface area contributed by atoms with Crippen LogP contribution in [-0.2, 0) is 4.79 Å². The normalized spacial score (nSPS) is 10.5. The van der Waals surface area contributed by atoms with Gasteiger partial charge in [-0.25, -0.2) is 0 Å². The van der Waals surface area contributed by atoms with Gasteiger partial charge in [-0.3, -0.25) is 9.59 Å². The second kappa shape index (κ2) is 8.29. The Labute approximate surface area is 142 Å². The summed E-state index contributed by atoms with van der Waals surface area (Å²) in [5.74, 6) is 0.417. The molecule has 2 rings (SSSR count). The summed E-state index contributed by atoms with van der Waals surface area (Å²) in [5.41, 5.74) is 2.72. The molecule has 0 spiro atoms. The number of amides is 1. The summed E-state index contributed by atoms with van der Waals surface area (Å²) in [6, 6.07) is 14.8. The molecule has 0 fully saturated rings. The van der Waals surface area contributed by atoms with Crippen LogP contribution in [0.5, 0.6) is 5.75 Å². The molecule has 0 saturated carbocycles. The Balaban J connectivity index is 1.79. The molecule has 4 nitrogen and oxygen atoms in total. The molecule has 1 amide bonds. The van der Waals surface area contributed by atoms with E-state index in [-0.39, 0.29) is 24.8 Å². The molecule has 0 unspecified atom stereocenters. The first kappa shape index (κ1) is 17.7. The van der Waals surface area contributed by atoms with Crippen molar-refractivity contribution in [2.24, 2.45) is 0 Å². The van der Waals surface area contributed by atoms with Crippen molar-refractivity contribution in [2.75, 3.05) is 6.54 Å². The number of hydrogen-bond acceptors (Lipinski definition) is 3. The Morgan fingerprint density at radius 2 is 1.71 bits per heavy atom. The molecule has 4 heteroatoms. The third-order valence-electron chi connectivity index (χ3n) is 3.78. The van der Waals surface area contributed by atoms with E-state index in [2.05, 4.69) is 19.2 Å². The van der Waals surface area contributed by atoms with Crippen LogP contribution in [0, 0.1) is 6.92 Å². The first-order valence-electron chi connectivity index (χ1n) is 8.12. The van der Waals surface area contributed by atoms with Gasteiger partial charge in [0, 0.05) is 12.1 Å². The number of carbonyl (C=O) groups is 2. The van der Waals surface area contributed by atoms with E-state index in [9.17, 15) is 9.59 Å². The highest BCUT2D eigenvalue weighted by Crippen LogP contribution is 2.18. The summed E-state index contributed by atoms with van der Waals surface area (Å²) in [7, 11) is 0. The van der Waals surface area contributed by atoms with Crippen LogP contribution in [0.2, 0.25) is 0 Å². The average molecular weight is 325 g/mol. The minimum absolute atomic E-state index is 0.129. The quantitative estimate of drug-likeness (QED) is 0.648. The zero-order valence-electron chi connectivity index (χ0n) is 14.3. The van der Waals surface area contributed by atoms with Gasteiger partial charge in [0.15, 0.2) is 0 Å². The lowest BCUT2D eigenvalue weighted by Crippen LogP contribution is -2.27. The Morgan fingerprint density at radius 3 is 2.33 bits per heavy atom. The third kappa shape index (κ3) is 4.95. The molecule has 0 atom stereocenters. The van der Waals surface area contributed by atoms with Crippen LogP contribution in [0.3, 0.4) is 0 Å². The number of nitrogens with one attached hydrogen (secondary N) is 1. The van der Waals surface area contributed by atoms with Gasteiger partial charge in [-0.15, -0.1) is 0 Å². The molecule has 0 aliphatic heterocycles. The number of rotatable bonds is 6. The topological polar surface area (TPSA) is 55.4 Å². The minimum atomic E-state index is -0.364. The van der Waals surface area contributed by atoms with Crippen LogP contribution in [-0.4, -0.2) is 18.4 Å². The summed E-state index contributed by atoms with van der Waals surface area (Å²) in [6.45, 7) is 6.34. The van der Waals surface area contributed by atoms with Crippen LogP contribution >= 0.6 is 0 Å². The van der Waals surface area contributed by atoms with E-state index in [0.717, 1.165) is 5.56 Å². The fourth-order valence-corrected chi connectivity index (χ4v) is 2.30. The van der Waals surface area contributed by atoms with Crippen molar-refractivity contribution >= 4 is 11.9 Å². The monoisotopic (exact) mass is 325 g/mol. The zero-order valence-corrected chi connectivity index (χ0v) is 14.3. The van der Waals surface area contributed by atoms with Crippen LogP contribution in [0.25, 0.3) is 0 Å². The Morgan fingerprint density at radius 1 is 1.04 bits per heavy atom. The number of carbonyl (C=O) groups excluding carboxylic acids is 2. The first-order valence-corrected chi connectivity index (χ1v) is 8.12. The van der Waals surface area contributed by atoms with E-state index in [1.165, 1.54) is 5.56 Å². The maximum atomic E-state index is 12.0. The molecule has 0 radical (unpaired) electrons. The highest BCUT2D eigenvalue weighted by Gasteiger charge is 2.10. The van der Waals surface area contributed by atoms with E-state index in [1.807, 2.05) is 37.3 Å². The lowest BCUT2D eigenvalue weighted by atomic mass is 10.0. The summed E-state index contributed by atoms with van der Waals surface area (Å²) < 4.78 is 5.27. The number of esters is 1. The summed E-state index contributed by atoms with van der Waals surface area (Å²) >= 11 is 0. The van der Waals surface area contributed by atoms with Gasteiger partial charge < -0.3 is 10.1 Å². The van der Waals surface area contributed by atoms with Gasteiger partial charge in [0.2, 0.25) is 0 Å². The lowest BCUT2D eigenvalue weighted by Gasteiger charge is -2.09. The lowest BCUT2D eigenvalue weighted by molar-refractivity contribution is -0.134. The molecule has 0 aromatic heterocycles. The summed E-state index contributed by atoms with van der Waals surface area (Å²) in [6.07, 6.45) is 0.129. The van der Waals surface area contributed by atoms with Crippen molar-refractivity contribution in [3.8, 4) is 5.75 Å². The highest BCUT2D eigenvalue weighted by molar-refractivity contribution is 5.95. The predicted molar refractivity (Wildman–Crippen MR) is 94.3 cm³/mol. The molecule has 0 bridgehead atoms. The molecule has 2 aromatic rings. The van der Waals surface area contributed by atoms with Crippen molar-refractivity contribution < 1.29 is 14.3 Å². The maximum Gasteiger partial charge on any atom is 0.312 e. The van der Waals surface area contributed by atoms with E-state index < -0.39 is 0 Å². The van der Waals surface area contributed by atoms with Crippen molar-refractivity contribution in [3.63, 3.8) is 0 Å². The predicted octanol–water partition coefficient (Wildman–Crippen LogP) is 3.84.